The number of amidine groups is 1. The summed E-state index contributed by atoms with van der Waals surface area (Å²) in [5.41, 5.74) is 5.56. The molecule has 1 saturated heterocycles. The van der Waals surface area contributed by atoms with Crippen molar-refractivity contribution in [2.75, 3.05) is 24.6 Å². The molecule has 0 radical (unpaired) electrons. The van der Waals surface area contributed by atoms with Crippen molar-refractivity contribution in [1.82, 2.24) is 9.36 Å². The van der Waals surface area contributed by atoms with Crippen LogP contribution in [0.15, 0.2) is 5.16 Å². The number of anilines is 1. The van der Waals surface area contributed by atoms with Crippen molar-refractivity contribution in [3.05, 3.63) is 5.82 Å². The summed E-state index contributed by atoms with van der Waals surface area (Å²) in [6.45, 7) is 5.91. The minimum absolute atomic E-state index is 0.0910. The lowest BCUT2D eigenvalue weighted by molar-refractivity contribution is 0.0807. The van der Waals surface area contributed by atoms with E-state index in [-0.39, 0.29) is 5.84 Å². The van der Waals surface area contributed by atoms with Gasteiger partial charge in [-0.15, -0.1) is 0 Å². The standard InChI is InChI=1S/C10H17N5O2S/c1-6(2)9-12-10(18-14-9)15-3-4-17-7(5-15)8(11)13-16/h6-7,16H,3-5H2,1-2H3,(H2,11,13). The lowest BCUT2D eigenvalue weighted by Crippen LogP contribution is -2.48. The van der Waals surface area contributed by atoms with Gasteiger partial charge < -0.3 is 20.6 Å². The van der Waals surface area contributed by atoms with Crippen molar-refractivity contribution >= 4 is 22.5 Å². The van der Waals surface area contributed by atoms with Crippen molar-refractivity contribution in [3.8, 4) is 0 Å². The van der Waals surface area contributed by atoms with E-state index in [1.807, 2.05) is 0 Å². The quantitative estimate of drug-likeness (QED) is 0.362. The summed E-state index contributed by atoms with van der Waals surface area (Å²) in [5, 5.41) is 12.5. The van der Waals surface area contributed by atoms with Gasteiger partial charge in [-0.2, -0.15) is 4.37 Å². The maximum Gasteiger partial charge on any atom is 0.205 e. The van der Waals surface area contributed by atoms with E-state index in [0.717, 1.165) is 17.5 Å². The van der Waals surface area contributed by atoms with Gasteiger partial charge in [-0.3, -0.25) is 0 Å². The van der Waals surface area contributed by atoms with Crippen LogP contribution in [0, 0.1) is 0 Å². The van der Waals surface area contributed by atoms with Gasteiger partial charge in [-0.1, -0.05) is 19.0 Å². The summed E-state index contributed by atoms with van der Waals surface area (Å²) in [7, 11) is 0. The van der Waals surface area contributed by atoms with E-state index in [4.69, 9.17) is 15.7 Å². The molecule has 1 aliphatic heterocycles. The highest BCUT2D eigenvalue weighted by Crippen LogP contribution is 2.23. The molecule has 8 heteroatoms. The largest absolute Gasteiger partial charge is 0.409 e. The molecule has 1 aromatic heterocycles. The Labute approximate surface area is 109 Å². The molecule has 1 atom stereocenters. The first-order chi connectivity index (χ1) is 8.61. The number of aromatic nitrogens is 2. The summed E-state index contributed by atoms with van der Waals surface area (Å²) in [5.74, 6) is 1.26. The highest BCUT2D eigenvalue weighted by molar-refractivity contribution is 7.09. The number of hydrogen-bond donors (Lipinski definition) is 2. The molecular formula is C10H17N5O2S. The van der Waals surface area contributed by atoms with Gasteiger partial charge in [0.1, 0.15) is 11.9 Å². The molecule has 0 amide bonds. The first kappa shape index (κ1) is 13.0. The molecule has 0 saturated carbocycles. The SMILES string of the molecule is CC(C)c1nsc(N2CCOC(C(N)=NO)C2)n1. The first-order valence-electron chi connectivity index (χ1n) is 5.79. The Morgan fingerprint density at radius 2 is 2.44 bits per heavy atom. The monoisotopic (exact) mass is 271 g/mol. The zero-order valence-corrected chi connectivity index (χ0v) is 11.2. The lowest BCUT2D eigenvalue weighted by Gasteiger charge is -2.31. The van der Waals surface area contributed by atoms with E-state index in [1.165, 1.54) is 11.5 Å². The summed E-state index contributed by atoms with van der Waals surface area (Å²) >= 11 is 1.37. The third kappa shape index (κ3) is 2.70. The van der Waals surface area contributed by atoms with Crippen molar-refractivity contribution in [2.45, 2.75) is 25.9 Å². The number of morpholine rings is 1. The number of nitrogens with zero attached hydrogens (tertiary/aromatic N) is 4. The molecule has 7 nitrogen and oxygen atoms in total. The fourth-order valence-corrected chi connectivity index (χ4v) is 2.50. The molecule has 0 bridgehead atoms. The summed E-state index contributed by atoms with van der Waals surface area (Å²) in [4.78, 5) is 6.54. The van der Waals surface area contributed by atoms with E-state index in [9.17, 15) is 0 Å². The zero-order chi connectivity index (χ0) is 13.1. The van der Waals surface area contributed by atoms with Crippen LogP contribution in [-0.2, 0) is 4.74 Å². The highest BCUT2D eigenvalue weighted by Gasteiger charge is 2.26. The Morgan fingerprint density at radius 1 is 1.67 bits per heavy atom. The molecule has 3 N–H and O–H groups in total. The smallest absolute Gasteiger partial charge is 0.205 e. The van der Waals surface area contributed by atoms with Crippen molar-refractivity contribution in [1.29, 1.82) is 0 Å². The Bertz CT molecular complexity index is 434. The van der Waals surface area contributed by atoms with Crippen molar-refractivity contribution in [2.24, 2.45) is 10.9 Å². The molecular weight excluding hydrogens is 254 g/mol. The van der Waals surface area contributed by atoms with Crippen molar-refractivity contribution < 1.29 is 9.94 Å². The molecule has 100 valence electrons. The normalized spacial score (nSPS) is 21.6. The van der Waals surface area contributed by atoms with E-state index in [1.54, 1.807) is 0 Å². The summed E-state index contributed by atoms with van der Waals surface area (Å²) in [6, 6.07) is 0. The van der Waals surface area contributed by atoms with Crippen LogP contribution in [0.1, 0.15) is 25.6 Å². The predicted molar refractivity (Wildman–Crippen MR) is 69.4 cm³/mol. The maximum absolute atomic E-state index is 8.66. The van der Waals surface area contributed by atoms with Gasteiger partial charge in [0.05, 0.1) is 13.2 Å². The number of rotatable bonds is 3. The number of oxime groups is 1. The summed E-state index contributed by atoms with van der Waals surface area (Å²) in [6.07, 6.45) is -0.393. The van der Waals surface area contributed by atoms with Crippen LogP contribution in [0.25, 0.3) is 0 Å². The van der Waals surface area contributed by atoms with Crippen LogP contribution < -0.4 is 10.6 Å². The second-order valence-electron chi connectivity index (χ2n) is 4.42. The topological polar surface area (TPSA) is 96.9 Å². The van der Waals surface area contributed by atoms with E-state index in [0.29, 0.717) is 19.1 Å². The second kappa shape index (κ2) is 5.49. The number of nitrogens with two attached hydrogens (primary N) is 1. The molecule has 2 heterocycles. The fraction of sp³-hybridized carbons (Fsp3) is 0.700. The Hall–Kier alpha value is -1.41. The minimum atomic E-state index is -0.393. The van der Waals surface area contributed by atoms with Gasteiger partial charge in [0.2, 0.25) is 5.13 Å². The average Bonchev–Trinajstić information content (AvgIpc) is 2.88. The third-order valence-corrected chi connectivity index (χ3v) is 3.52. The Kier molecular flexibility index (Phi) is 3.97. The minimum Gasteiger partial charge on any atom is -0.409 e. The van der Waals surface area contributed by atoms with Crippen LogP contribution in [0.4, 0.5) is 5.13 Å². The first-order valence-corrected chi connectivity index (χ1v) is 6.56. The van der Waals surface area contributed by atoms with E-state index in [2.05, 4.69) is 33.3 Å². The third-order valence-electron chi connectivity index (χ3n) is 2.73. The van der Waals surface area contributed by atoms with E-state index >= 15 is 0 Å². The van der Waals surface area contributed by atoms with Gasteiger partial charge in [0, 0.05) is 24.0 Å². The van der Waals surface area contributed by atoms with Crippen molar-refractivity contribution in [3.63, 3.8) is 0 Å². The average molecular weight is 271 g/mol. The van der Waals surface area contributed by atoms with Crippen LogP contribution in [0.5, 0.6) is 0 Å². The molecule has 18 heavy (non-hydrogen) atoms. The summed E-state index contributed by atoms with van der Waals surface area (Å²) < 4.78 is 9.75. The van der Waals surface area contributed by atoms with Gasteiger partial charge in [-0.25, -0.2) is 4.98 Å². The van der Waals surface area contributed by atoms with Crippen LogP contribution >= 0.6 is 11.5 Å². The Morgan fingerprint density at radius 3 is 3.06 bits per heavy atom. The molecule has 1 aliphatic rings. The van der Waals surface area contributed by atoms with Crippen LogP contribution in [0.3, 0.4) is 0 Å². The fourth-order valence-electron chi connectivity index (χ4n) is 1.66. The van der Waals surface area contributed by atoms with Gasteiger partial charge >= 0.3 is 0 Å². The van der Waals surface area contributed by atoms with Gasteiger partial charge in [0.25, 0.3) is 0 Å². The van der Waals surface area contributed by atoms with Gasteiger partial charge in [0.15, 0.2) is 5.84 Å². The highest BCUT2D eigenvalue weighted by atomic mass is 32.1. The van der Waals surface area contributed by atoms with Crippen LogP contribution in [-0.4, -0.2) is 46.2 Å². The molecule has 0 aromatic carbocycles. The maximum atomic E-state index is 8.66. The predicted octanol–water partition coefficient (Wildman–Crippen LogP) is 0.613. The van der Waals surface area contributed by atoms with E-state index < -0.39 is 6.10 Å². The molecule has 0 spiro atoms. The Balaban J connectivity index is 2.08. The van der Waals surface area contributed by atoms with Gasteiger partial charge in [-0.05, 0) is 0 Å². The second-order valence-corrected chi connectivity index (χ2v) is 5.15. The zero-order valence-electron chi connectivity index (χ0n) is 10.4. The molecule has 1 aromatic rings. The molecule has 2 rings (SSSR count). The molecule has 1 unspecified atom stereocenters. The van der Waals surface area contributed by atoms with Crippen LogP contribution in [0.2, 0.25) is 0 Å². The molecule has 0 aliphatic carbocycles. The lowest BCUT2D eigenvalue weighted by atomic mass is 10.2. The number of ether oxygens (including phenoxy) is 1. The number of hydrogen-bond acceptors (Lipinski definition) is 7. The molecule has 1 fully saturated rings.